The van der Waals surface area contributed by atoms with Crippen LogP contribution < -0.4 is 5.32 Å². The van der Waals surface area contributed by atoms with E-state index in [-0.39, 0.29) is 21.6 Å². The summed E-state index contributed by atoms with van der Waals surface area (Å²) in [6, 6.07) is 7.38. The van der Waals surface area contributed by atoms with Gasteiger partial charge in [-0.3, -0.25) is 4.79 Å². The van der Waals surface area contributed by atoms with Crippen molar-refractivity contribution in [2.75, 3.05) is 5.32 Å². The van der Waals surface area contributed by atoms with Gasteiger partial charge in [0.15, 0.2) is 0 Å². The SMILES string of the molecule is Cc1ccc(S)cc1C(=O)Nc1c(Cl)cc(F)cc1Cl. The zero-order valence-corrected chi connectivity index (χ0v) is 12.8. The van der Waals surface area contributed by atoms with Gasteiger partial charge in [0.05, 0.1) is 15.7 Å². The standard InChI is InChI=1S/C14H10Cl2FNOS/c1-7-2-3-9(20)6-10(7)14(19)18-13-11(15)4-8(17)5-12(13)16/h2-6,20H,1H3,(H,18,19). The van der Waals surface area contributed by atoms with Crippen LogP contribution in [0.4, 0.5) is 10.1 Å². The highest BCUT2D eigenvalue weighted by molar-refractivity contribution is 7.80. The summed E-state index contributed by atoms with van der Waals surface area (Å²) in [6.45, 7) is 1.80. The van der Waals surface area contributed by atoms with Crippen molar-refractivity contribution in [3.05, 3.63) is 57.3 Å². The number of benzene rings is 2. The predicted molar refractivity (Wildman–Crippen MR) is 82.8 cm³/mol. The highest BCUT2D eigenvalue weighted by Crippen LogP contribution is 2.32. The topological polar surface area (TPSA) is 29.1 Å². The lowest BCUT2D eigenvalue weighted by Gasteiger charge is -2.11. The molecule has 1 N–H and O–H groups in total. The second kappa shape index (κ2) is 6.04. The van der Waals surface area contributed by atoms with Gasteiger partial charge in [-0.25, -0.2) is 4.39 Å². The number of nitrogens with one attached hydrogen (secondary N) is 1. The summed E-state index contributed by atoms with van der Waals surface area (Å²) in [5.74, 6) is -0.944. The van der Waals surface area contributed by atoms with Crippen LogP contribution >= 0.6 is 35.8 Å². The number of rotatable bonds is 2. The third-order valence-corrected chi connectivity index (χ3v) is 3.59. The molecule has 0 radical (unpaired) electrons. The number of hydrogen-bond acceptors (Lipinski definition) is 2. The summed E-state index contributed by atoms with van der Waals surface area (Å²) in [5, 5.41) is 2.68. The zero-order valence-electron chi connectivity index (χ0n) is 10.4. The van der Waals surface area contributed by atoms with Gasteiger partial charge in [-0.1, -0.05) is 29.3 Å². The van der Waals surface area contributed by atoms with Crippen molar-refractivity contribution in [2.45, 2.75) is 11.8 Å². The number of thiol groups is 1. The number of hydrogen-bond donors (Lipinski definition) is 2. The third-order valence-electron chi connectivity index (χ3n) is 2.71. The molecule has 2 nitrogen and oxygen atoms in total. The van der Waals surface area contributed by atoms with E-state index in [2.05, 4.69) is 17.9 Å². The number of carbonyl (C=O) groups excluding carboxylic acids is 1. The van der Waals surface area contributed by atoms with E-state index in [1.54, 1.807) is 25.1 Å². The zero-order chi connectivity index (χ0) is 14.9. The number of aryl methyl sites for hydroxylation is 1. The van der Waals surface area contributed by atoms with Crippen LogP contribution in [0.1, 0.15) is 15.9 Å². The number of carbonyl (C=O) groups is 1. The van der Waals surface area contributed by atoms with E-state index >= 15 is 0 Å². The van der Waals surface area contributed by atoms with Gasteiger partial charge in [0.25, 0.3) is 5.91 Å². The maximum Gasteiger partial charge on any atom is 0.256 e. The highest BCUT2D eigenvalue weighted by atomic mass is 35.5. The van der Waals surface area contributed by atoms with Crippen molar-refractivity contribution in [2.24, 2.45) is 0 Å². The Morgan fingerprint density at radius 2 is 1.80 bits per heavy atom. The Balaban J connectivity index is 2.35. The minimum atomic E-state index is -0.563. The Hall–Kier alpha value is -1.23. The van der Waals surface area contributed by atoms with E-state index in [1.807, 2.05) is 0 Å². The van der Waals surface area contributed by atoms with E-state index in [9.17, 15) is 9.18 Å². The molecule has 0 aliphatic rings. The molecule has 0 saturated carbocycles. The molecule has 0 fully saturated rings. The molecule has 2 aromatic carbocycles. The summed E-state index contributed by atoms with van der Waals surface area (Å²) in [7, 11) is 0. The molecule has 2 aromatic rings. The molecule has 2 rings (SSSR count). The molecule has 0 spiro atoms. The van der Waals surface area contributed by atoms with Crippen LogP contribution in [0.25, 0.3) is 0 Å². The number of amides is 1. The van der Waals surface area contributed by atoms with Crippen LogP contribution in [0.3, 0.4) is 0 Å². The average Bonchev–Trinajstić information content (AvgIpc) is 2.36. The fraction of sp³-hybridized carbons (Fsp3) is 0.0714. The van der Waals surface area contributed by atoms with Gasteiger partial charge in [-0.15, -0.1) is 12.6 Å². The molecular formula is C14H10Cl2FNOS. The van der Waals surface area contributed by atoms with Crippen LogP contribution in [-0.4, -0.2) is 5.91 Å². The molecule has 1 amide bonds. The van der Waals surface area contributed by atoms with Crippen molar-refractivity contribution in [1.82, 2.24) is 0 Å². The molecule has 104 valence electrons. The first-order valence-corrected chi connectivity index (χ1v) is 6.84. The van der Waals surface area contributed by atoms with Crippen LogP contribution in [-0.2, 0) is 0 Å². The fourth-order valence-electron chi connectivity index (χ4n) is 1.70. The molecule has 6 heteroatoms. The third kappa shape index (κ3) is 3.26. The summed E-state index contributed by atoms with van der Waals surface area (Å²) >= 11 is 16.0. The smallest absolute Gasteiger partial charge is 0.256 e. The van der Waals surface area contributed by atoms with Crippen molar-refractivity contribution in [3.8, 4) is 0 Å². The molecule has 0 heterocycles. The lowest BCUT2D eigenvalue weighted by atomic mass is 10.1. The molecule has 0 atom stereocenters. The highest BCUT2D eigenvalue weighted by Gasteiger charge is 2.15. The van der Waals surface area contributed by atoms with Gasteiger partial charge in [-0.05, 0) is 36.8 Å². The predicted octanol–water partition coefficient (Wildman–Crippen LogP) is 4.98. The lowest BCUT2D eigenvalue weighted by molar-refractivity contribution is 0.102. The van der Waals surface area contributed by atoms with Gasteiger partial charge in [0.1, 0.15) is 5.82 Å². The van der Waals surface area contributed by atoms with E-state index in [4.69, 9.17) is 23.2 Å². The number of anilines is 1. The summed E-state index contributed by atoms with van der Waals surface area (Å²) in [5.41, 5.74) is 1.42. The van der Waals surface area contributed by atoms with E-state index < -0.39 is 5.82 Å². The Labute approximate surface area is 131 Å². The first-order valence-electron chi connectivity index (χ1n) is 5.64. The Bertz CT molecular complexity index is 668. The summed E-state index contributed by atoms with van der Waals surface area (Å²) < 4.78 is 13.1. The van der Waals surface area contributed by atoms with Crippen molar-refractivity contribution < 1.29 is 9.18 Å². The van der Waals surface area contributed by atoms with Crippen LogP contribution in [0.5, 0.6) is 0 Å². The van der Waals surface area contributed by atoms with Gasteiger partial charge >= 0.3 is 0 Å². The molecular weight excluding hydrogens is 320 g/mol. The molecule has 0 bridgehead atoms. The first-order chi connectivity index (χ1) is 9.38. The maximum absolute atomic E-state index is 13.1. The molecule has 0 unspecified atom stereocenters. The van der Waals surface area contributed by atoms with E-state index in [1.165, 1.54) is 0 Å². The lowest BCUT2D eigenvalue weighted by Crippen LogP contribution is -2.14. The van der Waals surface area contributed by atoms with Crippen LogP contribution in [0.2, 0.25) is 10.0 Å². The van der Waals surface area contributed by atoms with Crippen molar-refractivity contribution >= 4 is 47.4 Å². The fourth-order valence-corrected chi connectivity index (χ4v) is 2.46. The quantitative estimate of drug-likeness (QED) is 0.747. The second-order valence-electron chi connectivity index (χ2n) is 4.20. The van der Waals surface area contributed by atoms with Gasteiger partial charge < -0.3 is 5.32 Å². The van der Waals surface area contributed by atoms with E-state index in [0.717, 1.165) is 17.7 Å². The molecule has 0 saturated heterocycles. The first kappa shape index (κ1) is 15.2. The molecule has 20 heavy (non-hydrogen) atoms. The van der Waals surface area contributed by atoms with E-state index in [0.29, 0.717) is 10.5 Å². The normalized spacial score (nSPS) is 10.4. The number of halogens is 3. The second-order valence-corrected chi connectivity index (χ2v) is 5.53. The molecule has 0 aliphatic heterocycles. The molecule has 0 aliphatic carbocycles. The minimum Gasteiger partial charge on any atom is -0.319 e. The minimum absolute atomic E-state index is 0.0445. The Morgan fingerprint density at radius 3 is 2.40 bits per heavy atom. The summed E-state index contributed by atoms with van der Waals surface area (Å²) in [4.78, 5) is 12.9. The average molecular weight is 330 g/mol. The van der Waals surface area contributed by atoms with Crippen LogP contribution in [0, 0.1) is 12.7 Å². The maximum atomic E-state index is 13.1. The van der Waals surface area contributed by atoms with Gasteiger partial charge in [0.2, 0.25) is 0 Å². The Morgan fingerprint density at radius 1 is 1.20 bits per heavy atom. The monoisotopic (exact) mass is 329 g/mol. The van der Waals surface area contributed by atoms with Gasteiger partial charge in [0, 0.05) is 10.5 Å². The molecule has 0 aromatic heterocycles. The Kier molecular flexibility index (Phi) is 4.58. The van der Waals surface area contributed by atoms with Crippen molar-refractivity contribution in [1.29, 1.82) is 0 Å². The summed E-state index contributed by atoms with van der Waals surface area (Å²) in [6.07, 6.45) is 0. The van der Waals surface area contributed by atoms with Crippen molar-refractivity contribution in [3.63, 3.8) is 0 Å². The van der Waals surface area contributed by atoms with Gasteiger partial charge in [-0.2, -0.15) is 0 Å². The van der Waals surface area contributed by atoms with Crippen LogP contribution in [0.15, 0.2) is 35.2 Å². The largest absolute Gasteiger partial charge is 0.319 e.